The van der Waals surface area contributed by atoms with E-state index in [2.05, 4.69) is 32.7 Å². The highest BCUT2D eigenvalue weighted by molar-refractivity contribution is 9.10. The van der Waals surface area contributed by atoms with Crippen LogP contribution in [-0.2, 0) is 16.0 Å². The van der Waals surface area contributed by atoms with Crippen LogP contribution in [0.2, 0.25) is 0 Å². The molecule has 1 aromatic heterocycles. The molecule has 0 amide bonds. The van der Waals surface area contributed by atoms with Gasteiger partial charge in [0.1, 0.15) is 5.60 Å². The van der Waals surface area contributed by atoms with Crippen molar-refractivity contribution in [2.45, 2.75) is 18.6 Å². The summed E-state index contributed by atoms with van der Waals surface area (Å²) in [5.41, 5.74) is -0.121. The van der Waals surface area contributed by atoms with Crippen molar-refractivity contribution >= 4 is 27.3 Å². The number of rotatable bonds is 5. The van der Waals surface area contributed by atoms with Crippen LogP contribution in [0.1, 0.15) is 11.3 Å². The van der Waals surface area contributed by atoms with Crippen molar-refractivity contribution < 1.29 is 9.47 Å². The molecule has 0 spiro atoms. The van der Waals surface area contributed by atoms with Crippen LogP contribution in [0.5, 0.6) is 0 Å². The van der Waals surface area contributed by atoms with Crippen molar-refractivity contribution in [3.05, 3.63) is 20.8 Å². The van der Waals surface area contributed by atoms with Gasteiger partial charge in [0.2, 0.25) is 0 Å². The van der Waals surface area contributed by atoms with Gasteiger partial charge in [0.25, 0.3) is 0 Å². The molecule has 0 saturated carbocycles. The van der Waals surface area contributed by atoms with Gasteiger partial charge in [-0.05, 0) is 27.4 Å². The monoisotopic (exact) mass is 305 g/mol. The lowest BCUT2D eigenvalue weighted by Crippen LogP contribution is -2.42. The molecule has 1 aliphatic rings. The second-order valence-electron chi connectivity index (χ2n) is 3.98. The van der Waals surface area contributed by atoms with E-state index in [4.69, 9.17) is 9.47 Å². The van der Waals surface area contributed by atoms with E-state index in [1.807, 2.05) is 0 Å². The predicted octanol–water partition coefficient (Wildman–Crippen LogP) is 2.41. The van der Waals surface area contributed by atoms with Crippen LogP contribution in [-0.4, -0.2) is 32.5 Å². The molecule has 1 aliphatic heterocycles. The maximum absolute atomic E-state index is 5.55. The minimum atomic E-state index is -0.121. The summed E-state index contributed by atoms with van der Waals surface area (Å²) in [6.45, 7) is 3.22. The maximum Gasteiger partial charge on any atom is 0.106 e. The lowest BCUT2D eigenvalue weighted by molar-refractivity contribution is -0.0159. The number of halogens is 1. The van der Waals surface area contributed by atoms with Crippen molar-refractivity contribution in [1.82, 2.24) is 5.32 Å². The van der Waals surface area contributed by atoms with Crippen molar-refractivity contribution in [2.24, 2.45) is 0 Å². The Labute approximate surface area is 108 Å². The highest BCUT2D eigenvalue weighted by Gasteiger charge is 2.34. The van der Waals surface area contributed by atoms with Crippen LogP contribution in [0.3, 0.4) is 0 Å². The summed E-state index contributed by atoms with van der Waals surface area (Å²) in [6, 6.07) is 2.08. The van der Waals surface area contributed by atoms with Gasteiger partial charge in [0.15, 0.2) is 0 Å². The van der Waals surface area contributed by atoms with E-state index >= 15 is 0 Å². The zero-order valence-corrected chi connectivity index (χ0v) is 11.7. The van der Waals surface area contributed by atoms with Crippen LogP contribution in [0.25, 0.3) is 0 Å². The molecule has 3 nitrogen and oxygen atoms in total. The van der Waals surface area contributed by atoms with Gasteiger partial charge in [-0.3, -0.25) is 0 Å². The topological polar surface area (TPSA) is 30.5 Å². The molecule has 2 heterocycles. The van der Waals surface area contributed by atoms with Crippen molar-refractivity contribution in [3.8, 4) is 0 Å². The summed E-state index contributed by atoms with van der Waals surface area (Å²) in [7, 11) is 1.76. The van der Waals surface area contributed by atoms with Crippen LogP contribution in [0.15, 0.2) is 15.9 Å². The summed E-state index contributed by atoms with van der Waals surface area (Å²) in [4.78, 5) is 1.32. The average molecular weight is 306 g/mol. The molecule has 0 bridgehead atoms. The number of ether oxygens (including phenoxy) is 2. The molecule has 90 valence electrons. The molecule has 1 fully saturated rings. The zero-order chi connectivity index (χ0) is 11.4. The Hall–Kier alpha value is 0.0600. The first-order chi connectivity index (χ1) is 7.76. The van der Waals surface area contributed by atoms with Crippen molar-refractivity contribution in [3.63, 3.8) is 0 Å². The third-order valence-corrected chi connectivity index (χ3v) is 4.85. The first-order valence-electron chi connectivity index (χ1n) is 5.31. The Morgan fingerprint density at radius 1 is 1.69 bits per heavy atom. The molecule has 0 aliphatic carbocycles. The molecule has 16 heavy (non-hydrogen) atoms. The summed E-state index contributed by atoms with van der Waals surface area (Å²) in [6.07, 6.45) is 0.974. The smallest absolute Gasteiger partial charge is 0.106 e. The largest absolute Gasteiger partial charge is 0.378 e. The summed E-state index contributed by atoms with van der Waals surface area (Å²) < 4.78 is 12.1. The summed E-state index contributed by atoms with van der Waals surface area (Å²) in [5, 5.41) is 5.53. The van der Waals surface area contributed by atoms with Crippen molar-refractivity contribution in [2.75, 3.05) is 26.9 Å². The molecule has 1 unspecified atom stereocenters. The Bertz CT molecular complexity index is 336. The van der Waals surface area contributed by atoms with Gasteiger partial charge in [-0.25, -0.2) is 0 Å². The van der Waals surface area contributed by atoms with Gasteiger partial charge in [0.05, 0.1) is 6.61 Å². The van der Waals surface area contributed by atoms with E-state index < -0.39 is 0 Å². The van der Waals surface area contributed by atoms with Crippen LogP contribution in [0, 0.1) is 0 Å². The highest BCUT2D eigenvalue weighted by atomic mass is 79.9. The van der Waals surface area contributed by atoms with Gasteiger partial charge < -0.3 is 14.8 Å². The van der Waals surface area contributed by atoms with Crippen LogP contribution in [0.4, 0.5) is 0 Å². The fraction of sp³-hybridized carbons (Fsp3) is 0.636. The van der Waals surface area contributed by atoms with Gasteiger partial charge in [-0.2, -0.15) is 0 Å². The second-order valence-corrected chi connectivity index (χ2v) is 5.84. The number of hydrogen-bond acceptors (Lipinski definition) is 4. The Morgan fingerprint density at radius 3 is 3.12 bits per heavy atom. The Balaban J connectivity index is 1.81. The molecule has 1 saturated heterocycles. The maximum atomic E-state index is 5.55. The minimum Gasteiger partial charge on any atom is -0.378 e. The van der Waals surface area contributed by atoms with Gasteiger partial charge >= 0.3 is 0 Å². The normalized spacial score (nSPS) is 25.1. The SMILES string of the molecule is COC1(CNCc2sccc2Br)CCOC1. The van der Waals surface area contributed by atoms with E-state index in [0.717, 1.165) is 26.1 Å². The molecule has 1 atom stereocenters. The number of methoxy groups -OCH3 is 1. The molecule has 1 aromatic rings. The standard InChI is InChI=1S/C11H16BrNO2S/c1-14-11(3-4-15-8-11)7-13-6-10-9(12)2-5-16-10/h2,5,13H,3-4,6-8H2,1H3. The number of hydrogen-bond donors (Lipinski definition) is 1. The fourth-order valence-corrected chi connectivity index (χ4v) is 3.28. The fourth-order valence-electron chi connectivity index (χ4n) is 1.82. The van der Waals surface area contributed by atoms with E-state index in [1.165, 1.54) is 9.35 Å². The predicted molar refractivity (Wildman–Crippen MR) is 68.9 cm³/mol. The first-order valence-corrected chi connectivity index (χ1v) is 6.98. The highest BCUT2D eigenvalue weighted by Crippen LogP contribution is 2.24. The van der Waals surface area contributed by atoms with Crippen LogP contribution < -0.4 is 5.32 Å². The molecule has 1 N–H and O–H groups in total. The first kappa shape index (κ1) is 12.5. The van der Waals surface area contributed by atoms with E-state index in [9.17, 15) is 0 Å². The lowest BCUT2D eigenvalue weighted by Gasteiger charge is -2.25. The number of thiophene rings is 1. The third-order valence-electron chi connectivity index (χ3n) is 2.92. The van der Waals surface area contributed by atoms with Gasteiger partial charge in [0, 0.05) is 42.6 Å². The summed E-state index contributed by atoms with van der Waals surface area (Å²) in [5.74, 6) is 0. The quantitative estimate of drug-likeness (QED) is 0.906. The third kappa shape index (κ3) is 2.84. The number of nitrogens with one attached hydrogen (secondary N) is 1. The minimum absolute atomic E-state index is 0.121. The van der Waals surface area contributed by atoms with Gasteiger partial charge in [-0.15, -0.1) is 11.3 Å². The lowest BCUT2D eigenvalue weighted by atomic mass is 10.0. The Kier molecular flexibility index (Phi) is 4.38. The van der Waals surface area contributed by atoms with E-state index in [0.29, 0.717) is 6.61 Å². The Morgan fingerprint density at radius 2 is 2.56 bits per heavy atom. The second kappa shape index (κ2) is 5.60. The molecule has 2 rings (SSSR count). The van der Waals surface area contributed by atoms with Crippen LogP contribution >= 0.6 is 27.3 Å². The molecule has 0 radical (unpaired) electrons. The molecular formula is C11H16BrNO2S. The molecule has 5 heteroatoms. The molecule has 0 aromatic carbocycles. The molecular weight excluding hydrogens is 290 g/mol. The van der Waals surface area contributed by atoms with E-state index in [-0.39, 0.29) is 5.60 Å². The average Bonchev–Trinajstić information content (AvgIpc) is 2.90. The van der Waals surface area contributed by atoms with E-state index in [1.54, 1.807) is 18.4 Å². The van der Waals surface area contributed by atoms with Crippen molar-refractivity contribution in [1.29, 1.82) is 0 Å². The van der Waals surface area contributed by atoms with Gasteiger partial charge in [-0.1, -0.05) is 0 Å². The zero-order valence-electron chi connectivity index (χ0n) is 9.29. The summed E-state index contributed by atoms with van der Waals surface area (Å²) >= 11 is 5.28.